The smallest absolute Gasteiger partial charge is 0.416 e. The standard InChI is InChI=1S/C10H9F4NO.ClH/c11-6-2-1-5(10(12,13)14)8-7(15)3-4-16-9(6)8;/h1-2,7H,3-4,15H2;1H. The molecule has 1 heterocycles. The number of ether oxygens (including phenoxy) is 1. The number of alkyl halides is 3. The van der Waals surface area contributed by atoms with Crippen LogP contribution >= 0.6 is 12.4 Å². The third-order valence-corrected chi connectivity index (χ3v) is 2.50. The Morgan fingerprint density at radius 2 is 1.94 bits per heavy atom. The Hall–Kier alpha value is -1.01. The van der Waals surface area contributed by atoms with Crippen molar-refractivity contribution in [2.45, 2.75) is 18.6 Å². The van der Waals surface area contributed by atoms with Gasteiger partial charge in [0, 0.05) is 18.0 Å². The average Bonchev–Trinajstić information content (AvgIpc) is 2.18. The van der Waals surface area contributed by atoms with E-state index in [1.165, 1.54) is 0 Å². The van der Waals surface area contributed by atoms with E-state index in [0.29, 0.717) is 6.07 Å². The Labute approximate surface area is 101 Å². The second kappa shape index (κ2) is 4.70. The zero-order chi connectivity index (χ0) is 11.9. The third-order valence-electron chi connectivity index (χ3n) is 2.50. The van der Waals surface area contributed by atoms with Crippen LogP contribution in [0.5, 0.6) is 5.75 Å². The summed E-state index contributed by atoms with van der Waals surface area (Å²) in [5.74, 6) is -1.17. The minimum Gasteiger partial charge on any atom is -0.490 e. The predicted octanol–water partition coefficient (Wildman–Crippen LogP) is 3.05. The predicted molar refractivity (Wildman–Crippen MR) is 55.7 cm³/mol. The van der Waals surface area contributed by atoms with E-state index < -0.39 is 23.6 Å². The number of benzene rings is 1. The van der Waals surface area contributed by atoms with Crippen molar-refractivity contribution in [1.29, 1.82) is 0 Å². The molecule has 0 fully saturated rings. The molecule has 2 N–H and O–H groups in total. The highest BCUT2D eigenvalue weighted by Gasteiger charge is 2.38. The van der Waals surface area contributed by atoms with Gasteiger partial charge in [-0.2, -0.15) is 13.2 Å². The third kappa shape index (κ3) is 2.47. The minimum absolute atomic E-state index is 0. The Kier molecular flexibility index (Phi) is 3.88. The molecule has 1 aliphatic rings. The first-order valence-corrected chi connectivity index (χ1v) is 4.69. The maximum Gasteiger partial charge on any atom is 0.416 e. The summed E-state index contributed by atoms with van der Waals surface area (Å²) >= 11 is 0. The number of fused-ring (bicyclic) bond motifs is 1. The molecule has 0 radical (unpaired) electrons. The fourth-order valence-corrected chi connectivity index (χ4v) is 1.77. The Bertz CT molecular complexity index is 422. The molecule has 0 saturated heterocycles. The summed E-state index contributed by atoms with van der Waals surface area (Å²) in [7, 11) is 0. The van der Waals surface area contributed by atoms with Gasteiger partial charge in [-0.05, 0) is 12.1 Å². The van der Waals surface area contributed by atoms with E-state index >= 15 is 0 Å². The minimum atomic E-state index is -4.55. The van der Waals surface area contributed by atoms with Crippen molar-refractivity contribution in [3.8, 4) is 5.75 Å². The zero-order valence-electron chi connectivity index (χ0n) is 8.55. The first-order chi connectivity index (χ1) is 7.41. The normalized spacial score (nSPS) is 19.0. The summed E-state index contributed by atoms with van der Waals surface area (Å²) in [6.45, 7) is 0.131. The van der Waals surface area contributed by atoms with Gasteiger partial charge in [-0.3, -0.25) is 0 Å². The van der Waals surface area contributed by atoms with Gasteiger partial charge >= 0.3 is 6.18 Å². The van der Waals surface area contributed by atoms with Crippen molar-refractivity contribution in [3.05, 3.63) is 29.1 Å². The van der Waals surface area contributed by atoms with E-state index in [1.807, 2.05) is 0 Å². The number of rotatable bonds is 0. The molecule has 1 atom stereocenters. The highest BCUT2D eigenvalue weighted by molar-refractivity contribution is 5.85. The van der Waals surface area contributed by atoms with Gasteiger partial charge in [0.15, 0.2) is 11.6 Å². The molecule has 1 aromatic rings. The van der Waals surface area contributed by atoms with Crippen LogP contribution in [0.1, 0.15) is 23.6 Å². The Morgan fingerprint density at radius 3 is 2.53 bits per heavy atom. The van der Waals surface area contributed by atoms with Crippen LogP contribution in [-0.2, 0) is 6.18 Å². The SMILES string of the molecule is Cl.NC1CCOc2c(F)ccc(C(F)(F)F)c21. The van der Waals surface area contributed by atoms with Crippen molar-refractivity contribution in [3.63, 3.8) is 0 Å². The van der Waals surface area contributed by atoms with Gasteiger partial charge in [-0.25, -0.2) is 4.39 Å². The van der Waals surface area contributed by atoms with Crippen molar-refractivity contribution >= 4 is 12.4 Å². The van der Waals surface area contributed by atoms with Gasteiger partial charge in [0.05, 0.1) is 12.2 Å². The summed E-state index contributed by atoms with van der Waals surface area (Å²) in [5.41, 5.74) is 4.37. The highest BCUT2D eigenvalue weighted by atomic mass is 35.5. The summed E-state index contributed by atoms with van der Waals surface area (Å²) in [6.07, 6.45) is -4.30. The first kappa shape index (κ1) is 14.1. The molecule has 0 spiro atoms. The molecule has 1 aliphatic heterocycles. The molecule has 2 rings (SSSR count). The van der Waals surface area contributed by atoms with Gasteiger partial charge in [0.25, 0.3) is 0 Å². The maximum absolute atomic E-state index is 13.3. The summed E-state index contributed by atoms with van der Waals surface area (Å²) in [4.78, 5) is 0. The highest BCUT2D eigenvalue weighted by Crippen LogP contribution is 2.42. The van der Waals surface area contributed by atoms with Gasteiger partial charge in [-0.1, -0.05) is 0 Å². The fourth-order valence-electron chi connectivity index (χ4n) is 1.77. The number of hydrogen-bond acceptors (Lipinski definition) is 2. The van der Waals surface area contributed by atoms with E-state index in [1.54, 1.807) is 0 Å². The van der Waals surface area contributed by atoms with Crippen molar-refractivity contribution in [2.24, 2.45) is 5.73 Å². The van der Waals surface area contributed by atoms with E-state index in [2.05, 4.69) is 0 Å². The molecule has 17 heavy (non-hydrogen) atoms. The molecule has 0 amide bonds. The second-order valence-electron chi connectivity index (χ2n) is 3.58. The van der Waals surface area contributed by atoms with Crippen molar-refractivity contribution in [2.75, 3.05) is 6.61 Å². The Balaban J connectivity index is 0.00000144. The quantitative estimate of drug-likeness (QED) is 0.736. The topological polar surface area (TPSA) is 35.2 Å². The first-order valence-electron chi connectivity index (χ1n) is 4.69. The molecule has 2 nitrogen and oxygen atoms in total. The Morgan fingerprint density at radius 1 is 1.29 bits per heavy atom. The molecule has 0 saturated carbocycles. The zero-order valence-corrected chi connectivity index (χ0v) is 9.37. The van der Waals surface area contributed by atoms with Crippen LogP contribution in [0, 0.1) is 5.82 Å². The molecular weight excluding hydrogens is 262 g/mol. The van der Waals surface area contributed by atoms with Gasteiger partial charge in [0.1, 0.15) is 0 Å². The molecule has 0 aliphatic carbocycles. The number of hydrogen-bond donors (Lipinski definition) is 1. The number of halogens is 5. The summed E-state index contributed by atoms with van der Waals surface area (Å²) in [5, 5.41) is 0. The molecular formula is C10H10ClF4NO. The fraction of sp³-hybridized carbons (Fsp3) is 0.400. The van der Waals surface area contributed by atoms with Crippen molar-refractivity contribution < 1.29 is 22.3 Å². The second-order valence-corrected chi connectivity index (χ2v) is 3.58. The lowest BCUT2D eigenvalue weighted by Crippen LogP contribution is -2.25. The van der Waals surface area contributed by atoms with Crippen LogP contribution < -0.4 is 10.5 Å². The molecule has 96 valence electrons. The van der Waals surface area contributed by atoms with Crippen LogP contribution in [0.2, 0.25) is 0 Å². The van der Waals surface area contributed by atoms with Crippen molar-refractivity contribution in [1.82, 2.24) is 0 Å². The molecule has 7 heteroatoms. The van der Waals surface area contributed by atoms with Crippen LogP contribution in [0.25, 0.3) is 0 Å². The molecule has 0 bridgehead atoms. The van der Waals surface area contributed by atoms with E-state index in [9.17, 15) is 17.6 Å². The van der Waals surface area contributed by atoms with Crippen LogP contribution in [0.4, 0.5) is 17.6 Å². The maximum atomic E-state index is 13.3. The van der Waals surface area contributed by atoms with Crippen LogP contribution in [-0.4, -0.2) is 6.61 Å². The molecule has 1 unspecified atom stereocenters. The molecule has 0 aromatic heterocycles. The largest absolute Gasteiger partial charge is 0.490 e. The summed E-state index contributed by atoms with van der Waals surface area (Å²) < 4.78 is 56.1. The van der Waals surface area contributed by atoms with E-state index in [0.717, 1.165) is 6.07 Å². The lowest BCUT2D eigenvalue weighted by Gasteiger charge is -2.26. The lowest BCUT2D eigenvalue weighted by molar-refractivity contribution is -0.138. The van der Waals surface area contributed by atoms with Gasteiger partial charge in [0.2, 0.25) is 0 Å². The van der Waals surface area contributed by atoms with E-state index in [4.69, 9.17) is 10.5 Å². The lowest BCUT2D eigenvalue weighted by atomic mass is 9.95. The van der Waals surface area contributed by atoms with Gasteiger partial charge < -0.3 is 10.5 Å². The average molecular weight is 272 g/mol. The molecule has 1 aromatic carbocycles. The number of nitrogens with two attached hydrogens (primary N) is 1. The van der Waals surface area contributed by atoms with Gasteiger partial charge in [-0.15, -0.1) is 12.4 Å². The van der Waals surface area contributed by atoms with Crippen LogP contribution in [0.3, 0.4) is 0 Å². The van der Waals surface area contributed by atoms with E-state index in [-0.39, 0.29) is 36.7 Å². The van der Waals surface area contributed by atoms with Crippen LogP contribution in [0.15, 0.2) is 12.1 Å². The monoisotopic (exact) mass is 271 g/mol. The summed E-state index contributed by atoms with van der Waals surface area (Å²) in [6, 6.07) is 0.610.